The van der Waals surface area contributed by atoms with Crippen LogP contribution in [0.1, 0.15) is 35.3 Å². The summed E-state index contributed by atoms with van der Waals surface area (Å²) in [7, 11) is 0. The Morgan fingerprint density at radius 1 is 1.00 bits per heavy atom. The van der Waals surface area contributed by atoms with E-state index >= 15 is 0 Å². The topological polar surface area (TPSA) is 131 Å². The molecule has 0 saturated heterocycles. The van der Waals surface area contributed by atoms with E-state index in [9.17, 15) is 14.4 Å². The number of aromatic nitrogens is 4. The lowest BCUT2D eigenvalue weighted by Crippen LogP contribution is -2.43. The lowest BCUT2D eigenvalue weighted by Gasteiger charge is -2.18. The minimum Gasteiger partial charge on any atom is -0.349 e. The first-order valence-corrected chi connectivity index (χ1v) is 8.77. The zero-order valence-corrected chi connectivity index (χ0v) is 15.6. The molecule has 1 heterocycles. The van der Waals surface area contributed by atoms with Gasteiger partial charge in [-0.05, 0) is 40.3 Å². The molecule has 0 saturated carbocycles. The minimum absolute atomic E-state index is 0.0257. The Labute approximate surface area is 166 Å². The molecule has 0 aliphatic carbocycles. The zero-order valence-electron chi connectivity index (χ0n) is 15.6. The number of carbonyl (C=O) groups is 3. The normalized spacial score (nSPS) is 11.3. The minimum atomic E-state index is -0.499. The second-order valence-corrected chi connectivity index (χ2v) is 6.17. The summed E-state index contributed by atoms with van der Waals surface area (Å²) >= 11 is 0. The standard InChI is InChI=1S/C19H19N7O3/c1-13(27)21-17(14-5-3-2-4-6-14)11-18(28)22-23-19(29)15-7-9-16(10-8-15)26-12-20-24-25-26/h2-10,12,17H,11H2,1H3,(H,21,27)(H,22,28)(H,23,29)/t17-/m1/s1. The summed E-state index contributed by atoms with van der Waals surface area (Å²) < 4.78 is 1.45. The molecule has 0 bridgehead atoms. The zero-order chi connectivity index (χ0) is 20.6. The largest absolute Gasteiger partial charge is 0.349 e. The Hall–Kier alpha value is -4.08. The van der Waals surface area contributed by atoms with Crippen LogP contribution in [0, 0.1) is 0 Å². The number of carbonyl (C=O) groups excluding carboxylic acids is 3. The Bertz CT molecular complexity index is 973. The molecule has 0 spiro atoms. The highest BCUT2D eigenvalue weighted by atomic mass is 16.2. The van der Waals surface area contributed by atoms with E-state index in [0.29, 0.717) is 11.3 Å². The van der Waals surface area contributed by atoms with E-state index in [2.05, 4.69) is 31.7 Å². The number of tetrazole rings is 1. The summed E-state index contributed by atoms with van der Waals surface area (Å²) in [5.74, 6) is -1.16. The van der Waals surface area contributed by atoms with Gasteiger partial charge in [0.15, 0.2) is 0 Å². The van der Waals surface area contributed by atoms with Gasteiger partial charge in [0, 0.05) is 12.5 Å². The van der Waals surface area contributed by atoms with Crippen molar-refractivity contribution < 1.29 is 14.4 Å². The van der Waals surface area contributed by atoms with E-state index in [1.165, 1.54) is 17.9 Å². The summed E-state index contributed by atoms with van der Waals surface area (Å²) in [6, 6.07) is 15.2. The molecule has 3 rings (SSSR count). The van der Waals surface area contributed by atoms with Crippen molar-refractivity contribution in [3.8, 4) is 5.69 Å². The maximum atomic E-state index is 12.3. The molecule has 0 radical (unpaired) electrons. The summed E-state index contributed by atoms with van der Waals surface area (Å²) in [4.78, 5) is 35.9. The van der Waals surface area contributed by atoms with Crippen molar-refractivity contribution in [3.05, 3.63) is 72.1 Å². The number of nitrogens with zero attached hydrogens (tertiary/aromatic N) is 4. The number of hydrogen-bond acceptors (Lipinski definition) is 6. The number of hydrogen-bond donors (Lipinski definition) is 3. The number of rotatable bonds is 6. The number of benzene rings is 2. The van der Waals surface area contributed by atoms with Crippen LogP contribution in [0.5, 0.6) is 0 Å². The first-order chi connectivity index (χ1) is 14.0. The summed E-state index contributed by atoms with van der Waals surface area (Å²) in [5, 5.41) is 13.6. The van der Waals surface area contributed by atoms with Crippen LogP contribution in [-0.4, -0.2) is 37.9 Å². The second kappa shape index (κ2) is 9.22. The van der Waals surface area contributed by atoms with E-state index < -0.39 is 17.9 Å². The molecule has 2 aromatic carbocycles. The third-order valence-electron chi connectivity index (χ3n) is 4.03. The van der Waals surface area contributed by atoms with E-state index in [-0.39, 0.29) is 12.3 Å². The predicted molar refractivity (Wildman–Crippen MR) is 102 cm³/mol. The Morgan fingerprint density at radius 3 is 2.34 bits per heavy atom. The fourth-order valence-corrected chi connectivity index (χ4v) is 2.66. The number of amides is 3. The highest BCUT2D eigenvalue weighted by molar-refractivity contribution is 5.95. The van der Waals surface area contributed by atoms with Crippen molar-refractivity contribution in [2.75, 3.05) is 0 Å². The van der Waals surface area contributed by atoms with Gasteiger partial charge in [0.05, 0.1) is 18.2 Å². The average molecular weight is 393 g/mol. The van der Waals surface area contributed by atoms with Crippen molar-refractivity contribution in [2.24, 2.45) is 0 Å². The fourth-order valence-electron chi connectivity index (χ4n) is 2.66. The third kappa shape index (κ3) is 5.45. The predicted octanol–water partition coefficient (Wildman–Crippen LogP) is 0.691. The van der Waals surface area contributed by atoms with Gasteiger partial charge in [-0.25, -0.2) is 4.68 Å². The highest BCUT2D eigenvalue weighted by Gasteiger charge is 2.17. The molecule has 10 heteroatoms. The van der Waals surface area contributed by atoms with Crippen molar-refractivity contribution in [1.29, 1.82) is 0 Å². The van der Waals surface area contributed by atoms with Crippen LogP contribution in [0.15, 0.2) is 60.9 Å². The molecule has 0 aliphatic heterocycles. The van der Waals surface area contributed by atoms with Crippen LogP contribution < -0.4 is 16.2 Å². The molecule has 3 amide bonds. The Kier molecular flexibility index (Phi) is 6.25. The lowest BCUT2D eigenvalue weighted by molar-refractivity contribution is -0.123. The van der Waals surface area contributed by atoms with Gasteiger partial charge in [-0.2, -0.15) is 0 Å². The lowest BCUT2D eigenvalue weighted by atomic mass is 10.0. The summed E-state index contributed by atoms with van der Waals surface area (Å²) in [5.41, 5.74) is 6.57. The fraction of sp³-hybridized carbons (Fsp3) is 0.158. The van der Waals surface area contributed by atoms with Gasteiger partial charge < -0.3 is 5.32 Å². The first-order valence-electron chi connectivity index (χ1n) is 8.77. The number of hydrazine groups is 1. The van der Waals surface area contributed by atoms with Gasteiger partial charge in [-0.15, -0.1) is 5.10 Å². The maximum Gasteiger partial charge on any atom is 0.269 e. The molecule has 1 aromatic heterocycles. The van der Waals surface area contributed by atoms with E-state index in [1.807, 2.05) is 30.3 Å². The molecular weight excluding hydrogens is 374 g/mol. The van der Waals surface area contributed by atoms with E-state index in [1.54, 1.807) is 24.3 Å². The molecule has 29 heavy (non-hydrogen) atoms. The molecule has 3 N–H and O–H groups in total. The highest BCUT2D eigenvalue weighted by Crippen LogP contribution is 2.16. The molecule has 148 valence electrons. The SMILES string of the molecule is CC(=O)N[C@H](CC(=O)NNC(=O)c1ccc(-n2cnnn2)cc1)c1ccccc1. The van der Waals surface area contributed by atoms with Crippen LogP contribution in [0.3, 0.4) is 0 Å². The van der Waals surface area contributed by atoms with Gasteiger partial charge in [-0.3, -0.25) is 25.2 Å². The number of nitrogens with one attached hydrogen (secondary N) is 3. The Balaban J connectivity index is 1.56. The van der Waals surface area contributed by atoms with Crippen LogP contribution in [0.25, 0.3) is 5.69 Å². The second-order valence-electron chi connectivity index (χ2n) is 6.17. The molecule has 3 aromatic rings. The average Bonchev–Trinajstić information content (AvgIpc) is 3.27. The smallest absolute Gasteiger partial charge is 0.269 e. The molecule has 0 aliphatic rings. The van der Waals surface area contributed by atoms with Crippen molar-refractivity contribution in [1.82, 2.24) is 36.4 Å². The van der Waals surface area contributed by atoms with Gasteiger partial charge in [0.1, 0.15) is 6.33 Å². The van der Waals surface area contributed by atoms with Crippen LogP contribution in [0.4, 0.5) is 0 Å². The van der Waals surface area contributed by atoms with Gasteiger partial charge >= 0.3 is 0 Å². The quantitative estimate of drug-likeness (QED) is 0.528. The molecule has 0 fully saturated rings. The van der Waals surface area contributed by atoms with Gasteiger partial charge in [0.25, 0.3) is 5.91 Å². The van der Waals surface area contributed by atoms with Crippen LogP contribution in [0.2, 0.25) is 0 Å². The molecule has 1 atom stereocenters. The van der Waals surface area contributed by atoms with Crippen molar-refractivity contribution >= 4 is 17.7 Å². The molecular formula is C19H19N7O3. The molecule has 10 nitrogen and oxygen atoms in total. The van der Waals surface area contributed by atoms with E-state index in [0.717, 1.165) is 5.56 Å². The van der Waals surface area contributed by atoms with Crippen LogP contribution >= 0.6 is 0 Å². The summed E-state index contributed by atoms with van der Waals surface area (Å²) in [6.07, 6.45) is 1.41. The van der Waals surface area contributed by atoms with Crippen LogP contribution in [-0.2, 0) is 9.59 Å². The molecule has 0 unspecified atom stereocenters. The summed E-state index contributed by atoms with van der Waals surface area (Å²) in [6.45, 7) is 1.38. The van der Waals surface area contributed by atoms with Gasteiger partial charge in [0.2, 0.25) is 11.8 Å². The monoisotopic (exact) mass is 393 g/mol. The van der Waals surface area contributed by atoms with E-state index in [4.69, 9.17) is 0 Å². The first kappa shape index (κ1) is 19.7. The van der Waals surface area contributed by atoms with Crippen molar-refractivity contribution in [2.45, 2.75) is 19.4 Å². The van der Waals surface area contributed by atoms with Gasteiger partial charge in [-0.1, -0.05) is 30.3 Å². The van der Waals surface area contributed by atoms with Crippen molar-refractivity contribution in [3.63, 3.8) is 0 Å². The Morgan fingerprint density at radius 2 is 1.72 bits per heavy atom. The maximum absolute atomic E-state index is 12.3. The third-order valence-corrected chi connectivity index (χ3v) is 4.03.